The van der Waals surface area contributed by atoms with Crippen molar-refractivity contribution in [3.8, 4) is 5.75 Å². The second-order valence-electron chi connectivity index (χ2n) is 5.83. The van der Waals surface area contributed by atoms with E-state index < -0.39 is 11.9 Å². The summed E-state index contributed by atoms with van der Waals surface area (Å²) in [5.41, 5.74) is -0.587. The van der Waals surface area contributed by atoms with Gasteiger partial charge in [-0.1, -0.05) is 0 Å². The van der Waals surface area contributed by atoms with Crippen LogP contribution >= 0.6 is 0 Å². The van der Waals surface area contributed by atoms with E-state index >= 15 is 0 Å². The summed E-state index contributed by atoms with van der Waals surface area (Å²) in [4.78, 5) is 2.62. The van der Waals surface area contributed by atoms with Crippen LogP contribution < -0.4 is 4.74 Å². The molecule has 3 heterocycles. The highest BCUT2D eigenvalue weighted by atomic mass is 19.4. The predicted molar refractivity (Wildman–Crippen MR) is 78.2 cm³/mol. The van der Waals surface area contributed by atoms with Gasteiger partial charge in [-0.2, -0.15) is 18.3 Å². The molecule has 0 amide bonds. The van der Waals surface area contributed by atoms with E-state index in [4.69, 9.17) is 4.74 Å². The van der Waals surface area contributed by atoms with Crippen LogP contribution in [0.3, 0.4) is 0 Å². The van der Waals surface area contributed by atoms with E-state index in [0.717, 1.165) is 18.9 Å². The van der Waals surface area contributed by atoms with Crippen LogP contribution in [0.15, 0.2) is 12.3 Å². The second-order valence-corrected chi connectivity index (χ2v) is 5.83. The molecule has 0 spiro atoms. The van der Waals surface area contributed by atoms with Gasteiger partial charge in [0.1, 0.15) is 5.75 Å². The minimum Gasteiger partial charge on any atom is -0.495 e. The maximum atomic E-state index is 11.9. The van der Waals surface area contributed by atoms with Crippen molar-refractivity contribution in [3.63, 3.8) is 0 Å². The van der Waals surface area contributed by atoms with Crippen LogP contribution in [0.25, 0.3) is 0 Å². The Morgan fingerprint density at radius 3 is 2.39 bits per heavy atom. The molecule has 1 aromatic heterocycles. The molecule has 0 N–H and O–H groups in total. The van der Waals surface area contributed by atoms with Crippen LogP contribution in [-0.2, 0) is 10.9 Å². The number of methoxy groups -OCH3 is 2. The number of nitrogens with zero attached hydrogens (tertiary/aromatic N) is 3. The fourth-order valence-corrected chi connectivity index (χ4v) is 3.33. The Morgan fingerprint density at radius 2 is 1.87 bits per heavy atom. The SMILES string of the molecule is COCC12CCCN1CCC2.COc1cnnc(C(F)(F)F)c1. The lowest BCUT2D eigenvalue weighted by Crippen LogP contribution is -2.42. The quantitative estimate of drug-likeness (QED) is 0.851. The first kappa shape index (κ1) is 17.9. The minimum atomic E-state index is -4.47. The maximum Gasteiger partial charge on any atom is 0.435 e. The number of halogens is 3. The van der Waals surface area contributed by atoms with Crippen LogP contribution in [0.1, 0.15) is 31.4 Å². The standard InChI is InChI=1S/C9H17NO.C6H5F3N2O/c1-11-8-9-4-2-6-10(9)7-3-5-9;1-12-4-2-5(6(7,8)9)11-10-3-4/h2-8H2,1H3;2-3H,1H3. The number of hydrogen-bond donors (Lipinski definition) is 0. The topological polar surface area (TPSA) is 47.5 Å². The Balaban J connectivity index is 0.000000167. The molecule has 2 fully saturated rings. The molecule has 0 radical (unpaired) electrons. The van der Waals surface area contributed by atoms with E-state index in [9.17, 15) is 13.2 Å². The monoisotopic (exact) mass is 333 g/mol. The van der Waals surface area contributed by atoms with Crippen molar-refractivity contribution < 1.29 is 22.6 Å². The Kier molecular flexibility index (Phi) is 5.80. The zero-order valence-electron chi connectivity index (χ0n) is 13.4. The molecule has 0 unspecified atom stereocenters. The Morgan fingerprint density at radius 1 is 1.22 bits per heavy atom. The van der Waals surface area contributed by atoms with Crippen LogP contribution in [0.5, 0.6) is 5.75 Å². The van der Waals surface area contributed by atoms with E-state index in [0.29, 0.717) is 5.54 Å². The van der Waals surface area contributed by atoms with Crippen molar-refractivity contribution in [1.29, 1.82) is 0 Å². The van der Waals surface area contributed by atoms with Crippen molar-refractivity contribution in [1.82, 2.24) is 15.1 Å². The third-order valence-electron chi connectivity index (χ3n) is 4.38. The van der Waals surface area contributed by atoms with E-state index in [1.54, 1.807) is 0 Å². The number of ether oxygens (including phenoxy) is 2. The molecule has 0 saturated carbocycles. The van der Waals surface area contributed by atoms with Gasteiger partial charge in [0.25, 0.3) is 0 Å². The molecule has 0 aromatic carbocycles. The lowest BCUT2D eigenvalue weighted by molar-refractivity contribution is -0.141. The fraction of sp³-hybridized carbons (Fsp3) is 0.733. The van der Waals surface area contributed by atoms with Crippen molar-refractivity contribution in [2.24, 2.45) is 0 Å². The van der Waals surface area contributed by atoms with E-state index in [-0.39, 0.29) is 5.75 Å². The molecule has 2 saturated heterocycles. The van der Waals surface area contributed by atoms with Crippen molar-refractivity contribution in [2.75, 3.05) is 33.9 Å². The summed E-state index contributed by atoms with van der Waals surface area (Å²) in [6.07, 6.45) is 2.12. The van der Waals surface area contributed by atoms with Gasteiger partial charge in [-0.3, -0.25) is 4.90 Å². The molecule has 0 atom stereocenters. The van der Waals surface area contributed by atoms with Crippen molar-refractivity contribution in [3.05, 3.63) is 18.0 Å². The third kappa shape index (κ3) is 4.32. The van der Waals surface area contributed by atoms with Gasteiger partial charge in [0.15, 0.2) is 5.69 Å². The lowest BCUT2D eigenvalue weighted by Gasteiger charge is -2.30. The summed E-state index contributed by atoms with van der Waals surface area (Å²) < 4.78 is 45.7. The first-order valence-corrected chi connectivity index (χ1v) is 7.59. The molecule has 2 aliphatic heterocycles. The van der Waals surface area contributed by atoms with Crippen LogP contribution in [0.4, 0.5) is 13.2 Å². The normalized spacial score (nSPS) is 19.9. The molecule has 2 aliphatic rings. The number of fused-ring (bicyclic) bond motifs is 1. The van der Waals surface area contributed by atoms with Crippen LogP contribution in [0, 0.1) is 0 Å². The Bertz CT molecular complexity index is 501. The van der Waals surface area contributed by atoms with E-state index in [2.05, 4.69) is 19.8 Å². The summed E-state index contributed by atoms with van der Waals surface area (Å²) >= 11 is 0. The number of rotatable bonds is 3. The zero-order chi connectivity index (χ0) is 16.9. The molecule has 3 rings (SSSR count). The van der Waals surface area contributed by atoms with Crippen LogP contribution in [0.2, 0.25) is 0 Å². The molecule has 1 aromatic rings. The van der Waals surface area contributed by atoms with Crippen molar-refractivity contribution in [2.45, 2.75) is 37.4 Å². The Hall–Kier alpha value is -1.41. The fourth-order valence-electron chi connectivity index (χ4n) is 3.33. The molecule has 8 heteroatoms. The van der Waals surface area contributed by atoms with Gasteiger partial charge in [-0.15, -0.1) is 5.10 Å². The van der Waals surface area contributed by atoms with E-state index in [1.807, 2.05) is 7.11 Å². The smallest absolute Gasteiger partial charge is 0.435 e. The summed E-state index contributed by atoms with van der Waals surface area (Å²) in [6.45, 7) is 3.57. The molecular weight excluding hydrogens is 311 g/mol. The van der Waals surface area contributed by atoms with Crippen molar-refractivity contribution >= 4 is 0 Å². The average Bonchev–Trinajstić information content (AvgIpc) is 3.07. The summed E-state index contributed by atoms with van der Waals surface area (Å²) in [7, 11) is 3.08. The largest absolute Gasteiger partial charge is 0.495 e. The highest BCUT2D eigenvalue weighted by Crippen LogP contribution is 2.38. The van der Waals surface area contributed by atoms with Gasteiger partial charge in [-0.05, 0) is 38.8 Å². The number of hydrogen-bond acceptors (Lipinski definition) is 5. The number of aromatic nitrogens is 2. The summed E-state index contributed by atoms with van der Waals surface area (Å²) in [5, 5.41) is 6.03. The highest BCUT2D eigenvalue weighted by molar-refractivity contribution is 5.20. The maximum absolute atomic E-state index is 11.9. The summed E-state index contributed by atoms with van der Waals surface area (Å²) in [6, 6.07) is 0.785. The Labute approximate surface area is 133 Å². The molecule has 23 heavy (non-hydrogen) atoms. The molecule has 130 valence electrons. The molecule has 0 bridgehead atoms. The zero-order valence-corrected chi connectivity index (χ0v) is 13.4. The predicted octanol–water partition coefficient (Wildman–Crippen LogP) is 2.77. The van der Waals surface area contributed by atoms with Gasteiger partial charge in [0.05, 0.1) is 19.9 Å². The van der Waals surface area contributed by atoms with Gasteiger partial charge in [-0.25, -0.2) is 0 Å². The molecule has 0 aliphatic carbocycles. The second kappa shape index (κ2) is 7.44. The summed E-state index contributed by atoms with van der Waals surface area (Å²) in [5.74, 6) is 0.0392. The minimum absolute atomic E-state index is 0.0392. The highest BCUT2D eigenvalue weighted by Gasteiger charge is 2.43. The number of alkyl halides is 3. The van der Waals surface area contributed by atoms with Gasteiger partial charge in [0, 0.05) is 18.7 Å². The van der Waals surface area contributed by atoms with E-state index in [1.165, 1.54) is 45.9 Å². The first-order valence-electron chi connectivity index (χ1n) is 7.59. The average molecular weight is 333 g/mol. The van der Waals surface area contributed by atoms with Gasteiger partial charge in [0.2, 0.25) is 0 Å². The molecular formula is C15H22F3N3O2. The molecule has 5 nitrogen and oxygen atoms in total. The first-order chi connectivity index (χ1) is 10.9. The van der Waals surface area contributed by atoms with Gasteiger partial charge >= 0.3 is 6.18 Å². The van der Waals surface area contributed by atoms with Crippen LogP contribution in [-0.4, -0.2) is 54.6 Å². The van der Waals surface area contributed by atoms with Gasteiger partial charge < -0.3 is 9.47 Å². The lowest BCUT2D eigenvalue weighted by atomic mass is 9.95. The third-order valence-corrected chi connectivity index (χ3v) is 4.38.